The van der Waals surface area contributed by atoms with Crippen LogP contribution in [0, 0.1) is 12.8 Å². The summed E-state index contributed by atoms with van der Waals surface area (Å²) in [5, 5.41) is 8.63. The molecule has 0 unspecified atom stereocenters. The molecular formula is C19H21N5OS. The average Bonchev–Trinajstić information content (AvgIpc) is 3.28. The molecule has 4 aromatic heterocycles. The molecule has 1 N–H and O–H groups in total. The highest BCUT2D eigenvalue weighted by molar-refractivity contribution is 7.20. The normalized spacial score (nSPS) is 11.7. The van der Waals surface area contributed by atoms with E-state index in [0.717, 1.165) is 33.8 Å². The fourth-order valence-corrected chi connectivity index (χ4v) is 4.11. The van der Waals surface area contributed by atoms with Gasteiger partial charge in [0.15, 0.2) is 0 Å². The maximum atomic E-state index is 12.6. The van der Waals surface area contributed by atoms with Crippen molar-refractivity contribution in [2.45, 2.75) is 33.9 Å². The predicted octanol–water partition coefficient (Wildman–Crippen LogP) is 3.64. The van der Waals surface area contributed by atoms with Gasteiger partial charge in [-0.05, 0) is 31.0 Å². The highest BCUT2D eigenvalue weighted by atomic mass is 32.1. The second kappa shape index (κ2) is 6.57. The van der Waals surface area contributed by atoms with Crippen molar-refractivity contribution < 1.29 is 4.79 Å². The summed E-state index contributed by atoms with van der Waals surface area (Å²) in [6.45, 7) is 7.58. The van der Waals surface area contributed by atoms with Crippen LogP contribution in [-0.4, -0.2) is 25.1 Å². The molecule has 0 aromatic carbocycles. The Balaban J connectivity index is 1.52. The Morgan fingerprint density at radius 2 is 2.19 bits per heavy atom. The van der Waals surface area contributed by atoms with E-state index in [-0.39, 0.29) is 5.91 Å². The highest BCUT2D eigenvalue weighted by Crippen LogP contribution is 2.28. The number of hydrogen-bond acceptors (Lipinski definition) is 4. The van der Waals surface area contributed by atoms with E-state index in [0.29, 0.717) is 17.3 Å². The van der Waals surface area contributed by atoms with E-state index in [1.807, 2.05) is 52.7 Å². The number of rotatable bonds is 5. The predicted molar refractivity (Wildman–Crippen MR) is 104 cm³/mol. The van der Waals surface area contributed by atoms with Gasteiger partial charge < -0.3 is 9.72 Å². The third kappa shape index (κ3) is 3.10. The van der Waals surface area contributed by atoms with Crippen molar-refractivity contribution in [1.29, 1.82) is 0 Å². The summed E-state index contributed by atoms with van der Waals surface area (Å²) < 4.78 is 3.96. The second-order valence-corrected chi connectivity index (χ2v) is 7.90. The first-order chi connectivity index (χ1) is 12.5. The van der Waals surface area contributed by atoms with Gasteiger partial charge in [0.05, 0.1) is 22.8 Å². The monoisotopic (exact) mass is 367 g/mol. The van der Waals surface area contributed by atoms with E-state index < -0.39 is 0 Å². The zero-order chi connectivity index (χ0) is 18.3. The molecular weight excluding hydrogens is 346 g/mol. The van der Waals surface area contributed by atoms with Crippen LogP contribution < -0.4 is 5.32 Å². The van der Waals surface area contributed by atoms with E-state index in [9.17, 15) is 4.79 Å². The fourth-order valence-electron chi connectivity index (χ4n) is 3.02. The van der Waals surface area contributed by atoms with Crippen LogP contribution in [0.3, 0.4) is 0 Å². The Bertz CT molecular complexity index is 1060. The van der Waals surface area contributed by atoms with Crippen molar-refractivity contribution in [1.82, 2.24) is 24.5 Å². The van der Waals surface area contributed by atoms with Crippen LogP contribution in [-0.2, 0) is 13.1 Å². The fraction of sp³-hybridized carbons (Fsp3) is 0.316. The summed E-state index contributed by atoms with van der Waals surface area (Å²) in [6.07, 6.45) is 3.88. The molecule has 4 rings (SSSR count). The number of amides is 1. The SMILES string of the molecule is Cc1nn(CC(C)C)c2sc(C(=O)NCc3cn4ccccc4n3)cc12. The summed E-state index contributed by atoms with van der Waals surface area (Å²) in [4.78, 5) is 18.9. The number of carbonyl (C=O) groups excluding carboxylic acids is 1. The van der Waals surface area contributed by atoms with Crippen molar-refractivity contribution in [3.05, 3.63) is 52.9 Å². The number of nitrogens with one attached hydrogen (secondary N) is 1. The molecule has 4 aromatic rings. The highest BCUT2D eigenvalue weighted by Gasteiger charge is 2.17. The van der Waals surface area contributed by atoms with Crippen molar-refractivity contribution in [2.75, 3.05) is 0 Å². The van der Waals surface area contributed by atoms with Crippen LogP contribution in [0.5, 0.6) is 0 Å². The molecule has 134 valence electrons. The Labute approximate surface area is 155 Å². The zero-order valence-corrected chi connectivity index (χ0v) is 15.9. The van der Waals surface area contributed by atoms with Crippen LogP contribution in [0.2, 0.25) is 0 Å². The molecule has 0 saturated carbocycles. The molecule has 6 nitrogen and oxygen atoms in total. The largest absolute Gasteiger partial charge is 0.346 e. The van der Waals surface area contributed by atoms with Gasteiger partial charge in [-0.25, -0.2) is 4.98 Å². The number of pyridine rings is 1. The van der Waals surface area contributed by atoms with Gasteiger partial charge in [-0.15, -0.1) is 11.3 Å². The summed E-state index contributed by atoms with van der Waals surface area (Å²) >= 11 is 1.50. The quantitative estimate of drug-likeness (QED) is 0.586. The summed E-state index contributed by atoms with van der Waals surface area (Å²) in [5.74, 6) is 0.436. The number of hydrogen-bond donors (Lipinski definition) is 1. The third-order valence-electron chi connectivity index (χ3n) is 4.21. The topological polar surface area (TPSA) is 64.2 Å². The van der Waals surface area contributed by atoms with Gasteiger partial charge in [0.1, 0.15) is 10.5 Å². The molecule has 0 aliphatic carbocycles. The van der Waals surface area contributed by atoms with Crippen molar-refractivity contribution in [3.63, 3.8) is 0 Å². The molecule has 1 amide bonds. The van der Waals surface area contributed by atoms with Crippen LogP contribution in [0.25, 0.3) is 15.9 Å². The van der Waals surface area contributed by atoms with Gasteiger partial charge in [-0.1, -0.05) is 19.9 Å². The molecule has 0 fully saturated rings. The van der Waals surface area contributed by atoms with E-state index in [2.05, 4.69) is 29.2 Å². The summed E-state index contributed by atoms with van der Waals surface area (Å²) in [6, 6.07) is 7.79. The molecule has 26 heavy (non-hydrogen) atoms. The molecule has 0 saturated heterocycles. The molecule has 0 atom stereocenters. The lowest BCUT2D eigenvalue weighted by atomic mass is 10.2. The first-order valence-corrected chi connectivity index (χ1v) is 9.50. The van der Waals surface area contributed by atoms with Crippen molar-refractivity contribution in [3.8, 4) is 0 Å². The van der Waals surface area contributed by atoms with E-state index in [1.165, 1.54) is 11.3 Å². The summed E-state index contributed by atoms with van der Waals surface area (Å²) in [7, 11) is 0. The summed E-state index contributed by atoms with van der Waals surface area (Å²) in [5.41, 5.74) is 2.69. The van der Waals surface area contributed by atoms with Gasteiger partial charge in [-0.2, -0.15) is 5.10 Å². The maximum Gasteiger partial charge on any atom is 0.261 e. The number of aromatic nitrogens is 4. The number of fused-ring (bicyclic) bond motifs is 2. The molecule has 0 aliphatic rings. The van der Waals surface area contributed by atoms with Gasteiger partial charge in [0, 0.05) is 24.3 Å². The number of carbonyl (C=O) groups is 1. The standard InChI is InChI=1S/C19H21N5OS/c1-12(2)10-24-19-15(13(3)22-24)8-16(26-19)18(25)20-9-14-11-23-7-5-4-6-17(23)21-14/h4-8,11-12H,9-10H2,1-3H3,(H,20,25). The maximum absolute atomic E-state index is 12.6. The van der Waals surface area contributed by atoms with Crippen molar-refractivity contribution >= 4 is 33.1 Å². The first-order valence-electron chi connectivity index (χ1n) is 8.69. The minimum atomic E-state index is -0.0706. The number of nitrogens with zero attached hydrogens (tertiary/aromatic N) is 4. The van der Waals surface area contributed by atoms with Gasteiger partial charge >= 0.3 is 0 Å². The number of imidazole rings is 1. The number of thiophene rings is 1. The lowest BCUT2D eigenvalue weighted by molar-refractivity contribution is 0.0954. The Hall–Kier alpha value is -2.67. The molecule has 0 aliphatic heterocycles. The Morgan fingerprint density at radius 3 is 2.96 bits per heavy atom. The average molecular weight is 367 g/mol. The lowest BCUT2D eigenvalue weighted by Crippen LogP contribution is -2.21. The molecule has 0 radical (unpaired) electrons. The molecule has 7 heteroatoms. The van der Waals surface area contributed by atoms with Crippen LogP contribution >= 0.6 is 11.3 Å². The van der Waals surface area contributed by atoms with E-state index >= 15 is 0 Å². The van der Waals surface area contributed by atoms with Crippen LogP contribution in [0.4, 0.5) is 0 Å². The number of aryl methyl sites for hydroxylation is 1. The van der Waals surface area contributed by atoms with Gasteiger partial charge in [-0.3, -0.25) is 9.48 Å². The van der Waals surface area contributed by atoms with Crippen molar-refractivity contribution in [2.24, 2.45) is 5.92 Å². The molecule has 4 heterocycles. The second-order valence-electron chi connectivity index (χ2n) is 6.87. The van der Waals surface area contributed by atoms with Crippen LogP contribution in [0.1, 0.15) is 34.9 Å². The smallest absolute Gasteiger partial charge is 0.261 e. The van der Waals surface area contributed by atoms with Gasteiger partial charge in [0.2, 0.25) is 0 Å². The Kier molecular flexibility index (Phi) is 4.24. The van der Waals surface area contributed by atoms with Gasteiger partial charge in [0.25, 0.3) is 5.91 Å². The first kappa shape index (κ1) is 16.8. The Morgan fingerprint density at radius 1 is 1.35 bits per heavy atom. The molecule has 0 spiro atoms. The third-order valence-corrected chi connectivity index (χ3v) is 5.36. The zero-order valence-electron chi connectivity index (χ0n) is 15.1. The van der Waals surface area contributed by atoms with Crippen LogP contribution in [0.15, 0.2) is 36.7 Å². The lowest BCUT2D eigenvalue weighted by Gasteiger charge is -2.05. The van der Waals surface area contributed by atoms with E-state index in [4.69, 9.17) is 0 Å². The minimum Gasteiger partial charge on any atom is -0.346 e. The minimum absolute atomic E-state index is 0.0706. The van der Waals surface area contributed by atoms with E-state index in [1.54, 1.807) is 0 Å². The molecule has 0 bridgehead atoms.